The zero-order chi connectivity index (χ0) is 21.1. The van der Waals surface area contributed by atoms with Gasteiger partial charge in [0.1, 0.15) is 16.5 Å². The van der Waals surface area contributed by atoms with Crippen molar-refractivity contribution < 1.29 is 4.79 Å². The lowest BCUT2D eigenvalue weighted by Crippen LogP contribution is -2.41. The second kappa shape index (κ2) is 9.10. The Labute approximate surface area is 181 Å². The summed E-state index contributed by atoms with van der Waals surface area (Å²) in [6.07, 6.45) is 2.23. The number of thiophene rings is 1. The highest BCUT2D eigenvalue weighted by molar-refractivity contribution is 7.17. The third-order valence-electron chi connectivity index (χ3n) is 5.46. The van der Waals surface area contributed by atoms with Gasteiger partial charge in [-0.2, -0.15) is 0 Å². The number of hydrogen-bond acceptors (Lipinski definition) is 6. The molecule has 0 spiro atoms. The van der Waals surface area contributed by atoms with Crippen LogP contribution < -0.4 is 10.2 Å². The van der Waals surface area contributed by atoms with Crippen LogP contribution in [0.2, 0.25) is 0 Å². The Morgan fingerprint density at radius 1 is 1.27 bits per heavy atom. The van der Waals surface area contributed by atoms with Crippen molar-refractivity contribution in [2.24, 2.45) is 5.92 Å². The summed E-state index contributed by atoms with van der Waals surface area (Å²) in [5.41, 5.74) is 2.40. The van der Waals surface area contributed by atoms with Crippen LogP contribution in [0.15, 0.2) is 35.7 Å². The summed E-state index contributed by atoms with van der Waals surface area (Å²) in [5.74, 6) is 2.36. The first-order valence-electron chi connectivity index (χ1n) is 10.5. The van der Waals surface area contributed by atoms with Gasteiger partial charge in [0.05, 0.1) is 11.9 Å². The molecule has 1 aliphatic heterocycles. The van der Waals surface area contributed by atoms with Gasteiger partial charge in [0.25, 0.3) is 0 Å². The average molecular weight is 424 g/mol. The number of carbonyl (C=O) groups is 1. The van der Waals surface area contributed by atoms with E-state index in [4.69, 9.17) is 9.97 Å². The standard InChI is InChI=1S/C23H29N5OS/c1-16(29)24-12-17-8-7-11-28(13-17)22-21-19(18-9-5-4-6-10-18)15-30-23(21)26-20(25-22)14-27(2)3/h4-6,9-10,15,17H,7-8,11-14H2,1-3H3,(H,24,29). The number of amides is 1. The van der Waals surface area contributed by atoms with Gasteiger partial charge in [-0.25, -0.2) is 9.97 Å². The van der Waals surface area contributed by atoms with Gasteiger partial charge in [-0.05, 0) is 38.4 Å². The van der Waals surface area contributed by atoms with Gasteiger partial charge in [0.2, 0.25) is 5.91 Å². The van der Waals surface area contributed by atoms with Crippen LogP contribution in [0.5, 0.6) is 0 Å². The van der Waals surface area contributed by atoms with Crippen molar-refractivity contribution in [2.45, 2.75) is 26.3 Å². The van der Waals surface area contributed by atoms with Crippen molar-refractivity contribution in [1.29, 1.82) is 0 Å². The molecule has 1 aliphatic rings. The highest BCUT2D eigenvalue weighted by Gasteiger charge is 2.25. The summed E-state index contributed by atoms with van der Waals surface area (Å²) in [4.78, 5) is 26.8. The van der Waals surface area contributed by atoms with E-state index in [1.54, 1.807) is 18.3 Å². The fourth-order valence-corrected chi connectivity index (χ4v) is 5.05. The summed E-state index contributed by atoms with van der Waals surface area (Å²) in [6.45, 7) is 4.90. The predicted molar refractivity (Wildman–Crippen MR) is 124 cm³/mol. The molecule has 30 heavy (non-hydrogen) atoms. The Bertz CT molecular complexity index is 1020. The fraction of sp³-hybridized carbons (Fsp3) is 0.435. The van der Waals surface area contributed by atoms with Crippen LogP contribution in [0.25, 0.3) is 21.3 Å². The lowest BCUT2D eigenvalue weighted by molar-refractivity contribution is -0.119. The molecule has 1 N–H and O–H groups in total. The van der Waals surface area contributed by atoms with E-state index in [1.165, 1.54) is 11.1 Å². The summed E-state index contributed by atoms with van der Waals surface area (Å²) in [7, 11) is 4.09. The molecule has 1 unspecified atom stereocenters. The molecule has 0 saturated carbocycles. The number of benzene rings is 1. The van der Waals surface area contributed by atoms with Crippen molar-refractivity contribution in [3.05, 3.63) is 41.5 Å². The Balaban J connectivity index is 1.75. The van der Waals surface area contributed by atoms with Gasteiger partial charge in [-0.15, -0.1) is 11.3 Å². The maximum absolute atomic E-state index is 11.4. The van der Waals surface area contributed by atoms with Crippen LogP contribution in [-0.4, -0.2) is 54.5 Å². The number of fused-ring (bicyclic) bond motifs is 1. The summed E-state index contributed by atoms with van der Waals surface area (Å²) < 4.78 is 0. The van der Waals surface area contributed by atoms with Crippen LogP contribution >= 0.6 is 11.3 Å². The van der Waals surface area contributed by atoms with Gasteiger partial charge in [-0.1, -0.05) is 30.3 Å². The van der Waals surface area contributed by atoms with Gasteiger partial charge in [0, 0.05) is 37.5 Å². The molecular formula is C23H29N5OS. The Kier molecular flexibility index (Phi) is 6.29. The van der Waals surface area contributed by atoms with E-state index in [1.807, 2.05) is 20.2 Å². The molecule has 1 amide bonds. The van der Waals surface area contributed by atoms with E-state index in [-0.39, 0.29) is 5.91 Å². The molecule has 1 saturated heterocycles. The molecule has 3 aromatic rings. The molecule has 0 radical (unpaired) electrons. The topological polar surface area (TPSA) is 61.4 Å². The summed E-state index contributed by atoms with van der Waals surface area (Å²) >= 11 is 1.69. The monoisotopic (exact) mass is 423 g/mol. The number of nitrogens with one attached hydrogen (secondary N) is 1. The van der Waals surface area contributed by atoms with Crippen LogP contribution in [0.3, 0.4) is 0 Å². The molecule has 7 heteroatoms. The molecular weight excluding hydrogens is 394 g/mol. The number of hydrogen-bond donors (Lipinski definition) is 1. The Hall–Kier alpha value is -2.51. The van der Waals surface area contributed by atoms with Crippen molar-refractivity contribution in [3.8, 4) is 11.1 Å². The zero-order valence-electron chi connectivity index (χ0n) is 17.9. The minimum Gasteiger partial charge on any atom is -0.356 e. The number of nitrogens with zero attached hydrogens (tertiary/aromatic N) is 4. The van der Waals surface area contributed by atoms with E-state index >= 15 is 0 Å². The van der Waals surface area contributed by atoms with E-state index in [9.17, 15) is 4.79 Å². The number of anilines is 1. The van der Waals surface area contributed by atoms with Crippen LogP contribution in [-0.2, 0) is 11.3 Å². The maximum Gasteiger partial charge on any atom is 0.216 e. The molecule has 1 aromatic carbocycles. The van der Waals surface area contributed by atoms with Crippen molar-refractivity contribution in [3.63, 3.8) is 0 Å². The Morgan fingerprint density at radius 2 is 2.07 bits per heavy atom. The van der Waals surface area contributed by atoms with Crippen LogP contribution in [0, 0.1) is 5.92 Å². The number of aromatic nitrogens is 2. The van der Waals surface area contributed by atoms with E-state index < -0.39 is 0 Å². The highest BCUT2D eigenvalue weighted by Crippen LogP contribution is 2.39. The molecule has 3 heterocycles. The van der Waals surface area contributed by atoms with Gasteiger partial charge < -0.3 is 15.1 Å². The predicted octanol–water partition coefficient (Wildman–Crippen LogP) is 3.77. The first-order chi connectivity index (χ1) is 14.5. The molecule has 0 bridgehead atoms. The molecule has 1 fully saturated rings. The number of rotatable bonds is 6. The normalized spacial score (nSPS) is 16.9. The van der Waals surface area contributed by atoms with Crippen LogP contribution in [0.4, 0.5) is 5.82 Å². The number of piperidine rings is 1. The van der Waals surface area contributed by atoms with Crippen molar-refractivity contribution >= 4 is 33.3 Å². The maximum atomic E-state index is 11.4. The molecule has 158 valence electrons. The summed E-state index contributed by atoms with van der Waals surface area (Å²) in [5, 5.41) is 6.34. The third-order valence-corrected chi connectivity index (χ3v) is 6.33. The van der Waals surface area contributed by atoms with Gasteiger partial charge in [-0.3, -0.25) is 4.79 Å². The third kappa shape index (κ3) is 4.63. The van der Waals surface area contributed by atoms with Crippen molar-refractivity contribution in [2.75, 3.05) is 38.6 Å². The van der Waals surface area contributed by atoms with Gasteiger partial charge >= 0.3 is 0 Å². The SMILES string of the molecule is CC(=O)NCC1CCCN(c2nc(CN(C)C)nc3scc(-c4ccccc4)c23)C1. The second-order valence-electron chi connectivity index (χ2n) is 8.29. The first kappa shape index (κ1) is 20.8. The minimum atomic E-state index is 0.0361. The van der Waals surface area contributed by atoms with E-state index in [0.29, 0.717) is 12.5 Å². The van der Waals surface area contributed by atoms with Gasteiger partial charge in [0.15, 0.2) is 0 Å². The fourth-order valence-electron chi connectivity index (χ4n) is 4.09. The molecule has 2 aromatic heterocycles. The molecule has 4 rings (SSSR count). The lowest BCUT2D eigenvalue weighted by atomic mass is 9.97. The molecule has 1 atom stereocenters. The smallest absolute Gasteiger partial charge is 0.216 e. The zero-order valence-corrected chi connectivity index (χ0v) is 18.7. The lowest BCUT2D eigenvalue weighted by Gasteiger charge is -2.34. The molecule has 6 nitrogen and oxygen atoms in total. The highest BCUT2D eigenvalue weighted by atomic mass is 32.1. The largest absolute Gasteiger partial charge is 0.356 e. The van der Waals surface area contributed by atoms with E-state index in [2.05, 4.69) is 44.8 Å². The second-order valence-corrected chi connectivity index (χ2v) is 9.15. The quantitative estimate of drug-likeness (QED) is 0.654. The first-order valence-corrected chi connectivity index (χ1v) is 11.4. The molecule has 0 aliphatic carbocycles. The van der Waals surface area contributed by atoms with Crippen LogP contribution in [0.1, 0.15) is 25.6 Å². The Morgan fingerprint density at radius 3 is 2.80 bits per heavy atom. The number of carbonyl (C=O) groups excluding carboxylic acids is 1. The van der Waals surface area contributed by atoms with E-state index in [0.717, 1.165) is 54.3 Å². The van der Waals surface area contributed by atoms with Crippen molar-refractivity contribution in [1.82, 2.24) is 20.2 Å². The summed E-state index contributed by atoms with van der Waals surface area (Å²) in [6, 6.07) is 10.5. The minimum absolute atomic E-state index is 0.0361. The average Bonchev–Trinajstić information content (AvgIpc) is 3.16.